The Balaban J connectivity index is 2.01. The summed E-state index contributed by atoms with van der Waals surface area (Å²) < 4.78 is 11.2. The number of fused-ring (bicyclic) bond motifs is 1. The number of rotatable bonds is 9. The van der Waals surface area contributed by atoms with Gasteiger partial charge in [-0.15, -0.1) is 0 Å². The molecule has 28 heavy (non-hydrogen) atoms. The fourth-order valence-corrected chi connectivity index (χ4v) is 3.53. The van der Waals surface area contributed by atoms with Crippen LogP contribution in [-0.4, -0.2) is 36.0 Å². The highest BCUT2D eigenvalue weighted by Crippen LogP contribution is 2.36. The molecule has 1 aromatic carbocycles. The van der Waals surface area contributed by atoms with Gasteiger partial charge in [0.15, 0.2) is 0 Å². The number of H-pyrrole nitrogens is 1. The van der Waals surface area contributed by atoms with Crippen molar-refractivity contribution >= 4 is 16.8 Å². The average Bonchev–Trinajstić information content (AvgIpc) is 3.39. The molecule has 0 fully saturated rings. The van der Waals surface area contributed by atoms with Crippen molar-refractivity contribution in [2.24, 2.45) is 5.92 Å². The molecule has 1 unspecified atom stereocenters. The number of benzene rings is 1. The highest BCUT2D eigenvalue weighted by atomic mass is 16.5. The van der Waals surface area contributed by atoms with Crippen LogP contribution < -0.4 is 4.74 Å². The van der Waals surface area contributed by atoms with Crippen LogP contribution >= 0.6 is 0 Å². The van der Waals surface area contributed by atoms with Gasteiger partial charge in [0.25, 0.3) is 5.91 Å². The van der Waals surface area contributed by atoms with Crippen LogP contribution in [0.5, 0.6) is 5.75 Å². The second-order valence-corrected chi connectivity index (χ2v) is 7.34. The third-order valence-electron chi connectivity index (χ3n) is 5.40. The first-order valence-corrected chi connectivity index (χ1v) is 10.1. The van der Waals surface area contributed by atoms with Crippen LogP contribution in [-0.2, 0) is 0 Å². The van der Waals surface area contributed by atoms with Crippen molar-refractivity contribution in [3.05, 3.63) is 42.3 Å². The molecule has 0 bridgehead atoms. The fourth-order valence-electron chi connectivity index (χ4n) is 3.53. The minimum absolute atomic E-state index is 0.0475. The topological polar surface area (TPSA) is 58.5 Å². The zero-order valence-corrected chi connectivity index (χ0v) is 17.2. The van der Waals surface area contributed by atoms with Crippen LogP contribution in [0.3, 0.4) is 0 Å². The number of methoxy groups -OCH3 is 1. The molecule has 1 N–H and O–H groups in total. The summed E-state index contributed by atoms with van der Waals surface area (Å²) in [5, 5.41) is 0.811. The van der Waals surface area contributed by atoms with Gasteiger partial charge >= 0.3 is 0 Å². The van der Waals surface area contributed by atoms with Gasteiger partial charge in [0, 0.05) is 24.8 Å². The van der Waals surface area contributed by atoms with E-state index in [1.54, 1.807) is 19.6 Å². The molecule has 0 saturated heterocycles. The highest BCUT2D eigenvalue weighted by molar-refractivity contribution is 6.12. The minimum atomic E-state index is 0.0475. The van der Waals surface area contributed by atoms with E-state index in [1.807, 2.05) is 29.2 Å². The number of carbonyl (C=O) groups excluding carboxylic acids is 1. The first kappa shape index (κ1) is 20.1. The number of nitrogens with one attached hydrogen (secondary N) is 1. The number of ether oxygens (including phenoxy) is 1. The number of carbonyl (C=O) groups is 1. The van der Waals surface area contributed by atoms with Crippen LogP contribution in [0.1, 0.15) is 50.4 Å². The van der Waals surface area contributed by atoms with E-state index in [9.17, 15) is 4.79 Å². The molecule has 1 atom stereocenters. The summed E-state index contributed by atoms with van der Waals surface area (Å²) in [7, 11) is 1.63. The molecule has 5 nitrogen and oxygen atoms in total. The molecule has 0 radical (unpaired) electrons. The molecule has 3 rings (SSSR count). The Morgan fingerprint density at radius 2 is 2.07 bits per heavy atom. The van der Waals surface area contributed by atoms with Crippen molar-refractivity contribution in [2.75, 3.05) is 20.2 Å². The van der Waals surface area contributed by atoms with Gasteiger partial charge in [0.2, 0.25) is 0 Å². The Morgan fingerprint density at radius 3 is 2.71 bits per heavy atom. The molecule has 1 amide bonds. The zero-order valence-electron chi connectivity index (χ0n) is 17.2. The van der Waals surface area contributed by atoms with Crippen molar-refractivity contribution in [3.63, 3.8) is 0 Å². The molecule has 2 aromatic heterocycles. The Labute approximate surface area is 166 Å². The number of aromatic amines is 1. The summed E-state index contributed by atoms with van der Waals surface area (Å²) in [5.74, 6) is 2.10. The SMILES string of the molecule is CCCN(CCC(C)CC)C(=O)c1c[nH]c2c(-c3ccco3)ccc(OC)c12. The van der Waals surface area contributed by atoms with Crippen molar-refractivity contribution in [3.8, 4) is 17.1 Å². The lowest BCUT2D eigenvalue weighted by Crippen LogP contribution is -2.33. The average molecular weight is 383 g/mol. The summed E-state index contributed by atoms with van der Waals surface area (Å²) in [6, 6.07) is 7.63. The summed E-state index contributed by atoms with van der Waals surface area (Å²) in [6.45, 7) is 8.06. The highest BCUT2D eigenvalue weighted by Gasteiger charge is 2.23. The van der Waals surface area contributed by atoms with Crippen molar-refractivity contribution in [1.29, 1.82) is 0 Å². The predicted octanol–water partition coefficient (Wildman–Crippen LogP) is 5.72. The second kappa shape index (κ2) is 9.00. The van der Waals surface area contributed by atoms with Gasteiger partial charge in [-0.3, -0.25) is 4.79 Å². The first-order valence-electron chi connectivity index (χ1n) is 10.1. The Bertz CT molecular complexity index is 911. The van der Waals surface area contributed by atoms with E-state index in [0.717, 1.165) is 54.6 Å². The zero-order chi connectivity index (χ0) is 20.1. The van der Waals surface area contributed by atoms with Crippen molar-refractivity contribution in [2.45, 2.75) is 40.0 Å². The van der Waals surface area contributed by atoms with Crippen LogP contribution in [0, 0.1) is 5.92 Å². The molecule has 0 spiro atoms. The number of furan rings is 1. The van der Waals surface area contributed by atoms with Gasteiger partial charge in [-0.1, -0.05) is 27.2 Å². The van der Waals surface area contributed by atoms with Gasteiger partial charge in [-0.25, -0.2) is 0 Å². The van der Waals surface area contributed by atoms with Gasteiger partial charge in [0.1, 0.15) is 11.5 Å². The normalized spacial score (nSPS) is 12.3. The number of hydrogen-bond donors (Lipinski definition) is 1. The predicted molar refractivity (Wildman–Crippen MR) is 113 cm³/mol. The van der Waals surface area contributed by atoms with E-state index in [0.29, 0.717) is 17.2 Å². The molecule has 150 valence electrons. The van der Waals surface area contributed by atoms with Gasteiger partial charge in [-0.05, 0) is 43.0 Å². The Hall–Kier alpha value is -2.69. The van der Waals surface area contributed by atoms with Crippen molar-refractivity contribution < 1.29 is 13.9 Å². The van der Waals surface area contributed by atoms with E-state index < -0.39 is 0 Å². The molecular weight excluding hydrogens is 352 g/mol. The molecule has 5 heteroatoms. The molecule has 0 aliphatic rings. The standard InChI is InChI=1S/C23H30N2O3/c1-5-12-25(13-11-16(3)6-2)23(26)18-15-24-22-17(19-8-7-14-28-19)9-10-20(27-4)21(18)22/h7-10,14-16,24H,5-6,11-13H2,1-4H3. The molecule has 0 aliphatic carbocycles. The lowest BCUT2D eigenvalue weighted by molar-refractivity contribution is 0.0748. The van der Waals surface area contributed by atoms with Crippen molar-refractivity contribution in [1.82, 2.24) is 9.88 Å². The second-order valence-electron chi connectivity index (χ2n) is 7.34. The van der Waals surface area contributed by atoms with E-state index in [2.05, 4.69) is 25.8 Å². The fraction of sp³-hybridized carbons (Fsp3) is 0.435. The van der Waals surface area contributed by atoms with E-state index in [-0.39, 0.29) is 5.91 Å². The van der Waals surface area contributed by atoms with Gasteiger partial charge in [0.05, 0.1) is 29.8 Å². The maximum atomic E-state index is 13.4. The van der Waals surface area contributed by atoms with E-state index in [1.165, 1.54) is 0 Å². The van der Waals surface area contributed by atoms with Crippen LogP contribution in [0.4, 0.5) is 0 Å². The smallest absolute Gasteiger partial charge is 0.256 e. The lowest BCUT2D eigenvalue weighted by atomic mass is 10.0. The third-order valence-corrected chi connectivity index (χ3v) is 5.40. The first-order chi connectivity index (χ1) is 13.6. The summed E-state index contributed by atoms with van der Waals surface area (Å²) in [4.78, 5) is 18.7. The van der Waals surface area contributed by atoms with Crippen LogP contribution in [0.15, 0.2) is 41.1 Å². The maximum Gasteiger partial charge on any atom is 0.256 e. The van der Waals surface area contributed by atoms with Crippen LogP contribution in [0.25, 0.3) is 22.2 Å². The molecule has 0 aliphatic heterocycles. The number of nitrogens with zero attached hydrogens (tertiary/aromatic N) is 1. The lowest BCUT2D eigenvalue weighted by Gasteiger charge is -2.23. The number of amides is 1. The Kier molecular flexibility index (Phi) is 6.45. The molecule has 2 heterocycles. The monoisotopic (exact) mass is 382 g/mol. The van der Waals surface area contributed by atoms with E-state index >= 15 is 0 Å². The van der Waals surface area contributed by atoms with E-state index in [4.69, 9.17) is 9.15 Å². The summed E-state index contributed by atoms with van der Waals surface area (Å²) in [5.41, 5.74) is 2.43. The molecular formula is C23H30N2O3. The molecule has 3 aromatic rings. The minimum Gasteiger partial charge on any atom is -0.496 e. The number of hydrogen-bond acceptors (Lipinski definition) is 3. The number of aromatic nitrogens is 1. The summed E-state index contributed by atoms with van der Waals surface area (Å²) in [6.07, 6.45) is 6.52. The Morgan fingerprint density at radius 1 is 1.25 bits per heavy atom. The van der Waals surface area contributed by atoms with Gasteiger partial charge < -0.3 is 19.0 Å². The van der Waals surface area contributed by atoms with Crippen LogP contribution in [0.2, 0.25) is 0 Å². The summed E-state index contributed by atoms with van der Waals surface area (Å²) >= 11 is 0. The quantitative estimate of drug-likeness (QED) is 0.514. The van der Waals surface area contributed by atoms with Gasteiger partial charge in [-0.2, -0.15) is 0 Å². The molecule has 0 saturated carbocycles. The largest absolute Gasteiger partial charge is 0.496 e. The third kappa shape index (κ3) is 3.93. The maximum absolute atomic E-state index is 13.4.